The summed E-state index contributed by atoms with van der Waals surface area (Å²) in [5.74, 6) is 0. The van der Waals surface area contributed by atoms with Gasteiger partial charge in [0.05, 0.1) is 13.2 Å². The number of carbonyl (C=O) groups excluding carboxylic acids is 1. The van der Waals surface area contributed by atoms with Crippen LogP contribution in [0.15, 0.2) is 24.3 Å². The van der Waals surface area contributed by atoms with Crippen LogP contribution >= 0.6 is 0 Å². The summed E-state index contributed by atoms with van der Waals surface area (Å²) in [7, 11) is 0. The maximum absolute atomic E-state index is 10.1. The molecule has 1 aliphatic rings. The van der Waals surface area contributed by atoms with E-state index in [4.69, 9.17) is 4.74 Å². The topological polar surface area (TPSA) is 58.6 Å². The molecule has 1 amide bonds. The molecule has 15 heavy (non-hydrogen) atoms. The highest BCUT2D eigenvalue weighted by molar-refractivity contribution is 5.46. The molecule has 4 heteroatoms. The molecule has 1 fully saturated rings. The van der Waals surface area contributed by atoms with Crippen LogP contribution in [-0.2, 0) is 21.7 Å². The molecule has 1 aromatic rings. The van der Waals surface area contributed by atoms with Crippen molar-refractivity contribution in [3.63, 3.8) is 0 Å². The Balaban J connectivity index is 2.06. The lowest BCUT2D eigenvalue weighted by Gasteiger charge is -2.36. The second-order valence-corrected chi connectivity index (χ2v) is 3.72. The van der Waals surface area contributed by atoms with Crippen molar-refractivity contribution in [2.45, 2.75) is 12.1 Å². The molecule has 0 saturated carbocycles. The van der Waals surface area contributed by atoms with Gasteiger partial charge >= 0.3 is 0 Å². The number of hydrogen-bond donors (Lipinski definition) is 2. The third-order valence-corrected chi connectivity index (χ3v) is 2.56. The van der Waals surface area contributed by atoms with Gasteiger partial charge < -0.3 is 15.2 Å². The first kappa shape index (κ1) is 10.1. The average Bonchev–Trinajstić information content (AvgIpc) is 2.24. The molecule has 0 aromatic heterocycles. The zero-order valence-electron chi connectivity index (χ0n) is 8.27. The van der Waals surface area contributed by atoms with Gasteiger partial charge in [-0.15, -0.1) is 0 Å². The lowest BCUT2D eigenvalue weighted by atomic mass is 9.91. The zero-order valence-corrected chi connectivity index (χ0v) is 8.27. The van der Waals surface area contributed by atoms with E-state index in [9.17, 15) is 9.90 Å². The van der Waals surface area contributed by atoms with Gasteiger partial charge in [0, 0.05) is 6.54 Å². The Bertz CT molecular complexity index is 343. The molecule has 1 aromatic carbocycles. The first-order valence-electron chi connectivity index (χ1n) is 4.81. The molecule has 1 saturated heterocycles. The average molecular weight is 207 g/mol. The smallest absolute Gasteiger partial charge is 0.207 e. The molecular weight excluding hydrogens is 194 g/mol. The van der Waals surface area contributed by atoms with Crippen LogP contribution < -0.4 is 5.32 Å². The third kappa shape index (κ3) is 2.00. The van der Waals surface area contributed by atoms with Crippen molar-refractivity contribution < 1.29 is 14.6 Å². The summed E-state index contributed by atoms with van der Waals surface area (Å²) < 4.78 is 4.98. The number of ether oxygens (including phenoxy) is 1. The quantitative estimate of drug-likeness (QED) is 0.691. The summed E-state index contributed by atoms with van der Waals surface area (Å²) >= 11 is 0. The Morgan fingerprint density at radius 3 is 2.53 bits per heavy atom. The van der Waals surface area contributed by atoms with E-state index in [-0.39, 0.29) is 0 Å². The van der Waals surface area contributed by atoms with Gasteiger partial charge in [0.1, 0.15) is 5.60 Å². The summed E-state index contributed by atoms with van der Waals surface area (Å²) in [5.41, 5.74) is 1.06. The normalized spacial score (nSPS) is 17.9. The largest absolute Gasteiger partial charge is 0.380 e. The Morgan fingerprint density at radius 1 is 1.40 bits per heavy atom. The van der Waals surface area contributed by atoms with E-state index in [1.54, 1.807) is 0 Å². The molecule has 2 rings (SSSR count). The predicted octanol–water partition coefficient (Wildman–Crippen LogP) is 0.150. The summed E-state index contributed by atoms with van der Waals surface area (Å²) in [5, 5.41) is 12.5. The minimum atomic E-state index is -0.809. The van der Waals surface area contributed by atoms with Crippen molar-refractivity contribution >= 4 is 6.41 Å². The van der Waals surface area contributed by atoms with Crippen molar-refractivity contribution in [1.29, 1.82) is 0 Å². The van der Waals surface area contributed by atoms with Gasteiger partial charge in [0.2, 0.25) is 6.41 Å². The summed E-state index contributed by atoms with van der Waals surface area (Å²) in [6.07, 6.45) is 0.668. The van der Waals surface area contributed by atoms with Gasteiger partial charge in [-0.1, -0.05) is 24.3 Å². The second-order valence-electron chi connectivity index (χ2n) is 3.72. The zero-order chi connectivity index (χ0) is 10.7. The van der Waals surface area contributed by atoms with Crippen molar-refractivity contribution in [2.75, 3.05) is 13.2 Å². The van der Waals surface area contributed by atoms with Crippen molar-refractivity contribution in [1.82, 2.24) is 5.32 Å². The molecule has 0 bridgehead atoms. The molecule has 1 aliphatic heterocycles. The van der Waals surface area contributed by atoms with E-state index in [1.165, 1.54) is 0 Å². The standard InChI is InChI=1S/C11H13NO3/c13-8-12-5-9-1-3-10(4-2-9)11(14)6-15-7-11/h1-4,8,14H,5-7H2,(H,12,13). The van der Waals surface area contributed by atoms with Gasteiger partial charge in [-0.05, 0) is 11.1 Å². The van der Waals surface area contributed by atoms with Crippen molar-refractivity contribution in [3.8, 4) is 0 Å². The van der Waals surface area contributed by atoms with Crippen LogP contribution in [0.3, 0.4) is 0 Å². The number of amides is 1. The fraction of sp³-hybridized carbons (Fsp3) is 0.364. The van der Waals surface area contributed by atoms with Gasteiger partial charge in [0.15, 0.2) is 0 Å². The molecule has 80 valence electrons. The van der Waals surface area contributed by atoms with Crippen LogP contribution in [0.25, 0.3) is 0 Å². The Labute approximate surface area is 87.9 Å². The summed E-state index contributed by atoms with van der Waals surface area (Å²) in [6.45, 7) is 1.23. The van der Waals surface area contributed by atoms with Gasteiger partial charge in [-0.2, -0.15) is 0 Å². The highest BCUT2D eigenvalue weighted by Gasteiger charge is 2.37. The molecule has 0 aliphatic carbocycles. The number of hydrogen-bond acceptors (Lipinski definition) is 3. The van der Waals surface area contributed by atoms with Crippen molar-refractivity contribution in [2.24, 2.45) is 0 Å². The Hall–Kier alpha value is -1.39. The third-order valence-electron chi connectivity index (χ3n) is 2.56. The molecule has 2 N–H and O–H groups in total. The van der Waals surface area contributed by atoms with Crippen LogP contribution in [-0.4, -0.2) is 24.7 Å². The monoisotopic (exact) mass is 207 g/mol. The van der Waals surface area contributed by atoms with Crippen LogP contribution in [0, 0.1) is 0 Å². The van der Waals surface area contributed by atoms with E-state index in [0.29, 0.717) is 26.2 Å². The summed E-state index contributed by atoms with van der Waals surface area (Å²) in [6, 6.07) is 7.51. The molecule has 0 spiro atoms. The highest BCUT2D eigenvalue weighted by atomic mass is 16.5. The number of nitrogens with one attached hydrogen (secondary N) is 1. The lowest BCUT2D eigenvalue weighted by Crippen LogP contribution is -2.46. The number of aliphatic hydroxyl groups is 1. The fourth-order valence-corrected chi connectivity index (χ4v) is 1.55. The van der Waals surface area contributed by atoms with Crippen LogP contribution in [0.1, 0.15) is 11.1 Å². The first-order chi connectivity index (χ1) is 7.24. The molecule has 0 atom stereocenters. The molecule has 0 radical (unpaired) electrons. The molecule has 1 heterocycles. The Morgan fingerprint density at radius 2 is 2.07 bits per heavy atom. The van der Waals surface area contributed by atoms with Crippen LogP contribution in [0.5, 0.6) is 0 Å². The Kier molecular flexibility index (Phi) is 2.70. The lowest BCUT2D eigenvalue weighted by molar-refractivity contribution is -0.184. The summed E-state index contributed by atoms with van der Waals surface area (Å²) in [4.78, 5) is 10.1. The maximum Gasteiger partial charge on any atom is 0.207 e. The van der Waals surface area contributed by atoms with Crippen LogP contribution in [0.4, 0.5) is 0 Å². The van der Waals surface area contributed by atoms with Crippen molar-refractivity contribution in [3.05, 3.63) is 35.4 Å². The minimum Gasteiger partial charge on any atom is -0.380 e. The van der Waals surface area contributed by atoms with E-state index in [1.807, 2.05) is 24.3 Å². The van der Waals surface area contributed by atoms with E-state index in [0.717, 1.165) is 11.1 Å². The number of carbonyl (C=O) groups is 1. The number of rotatable bonds is 4. The number of benzene rings is 1. The predicted molar refractivity (Wildman–Crippen MR) is 54.1 cm³/mol. The fourth-order valence-electron chi connectivity index (χ4n) is 1.55. The minimum absolute atomic E-state index is 0.360. The van der Waals surface area contributed by atoms with Gasteiger partial charge in [0.25, 0.3) is 0 Å². The SMILES string of the molecule is O=CNCc1ccc(C2(O)COC2)cc1. The van der Waals surface area contributed by atoms with E-state index >= 15 is 0 Å². The molecule has 4 nitrogen and oxygen atoms in total. The first-order valence-corrected chi connectivity index (χ1v) is 4.81. The molecular formula is C11H13NO3. The maximum atomic E-state index is 10.1. The van der Waals surface area contributed by atoms with E-state index < -0.39 is 5.60 Å². The molecule has 0 unspecified atom stereocenters. The van der Waals surface area contributed by atoms with Gasteiger partial charge in [-0.3, -0.25) is 4.79 Å². The second kappa shape index (κ2) is 4.00. The highest BCUT2D eigenvalue weighted by Crippen LogP contribution is 2.29. The van der Waals surface area contributed by atoms with E-state index in [2.05, 4.69) is 5.32 Å². The van der Waals surface area contributed by atoms with Crippen LogP contribution in [0.2, 0.25) is 0 Å². The van der Waals surface area contributed by atoms with Gasteiger partial charge in [-0.25, -0.2) is 0 Å².